The largest absolute Gasteiger partial charge is 0.480 e. The monoisotopic (exact) mass is 253 g/mol. The maximum atomic E-state index is 12.8. The van der Waals surface area contributed by atoms with E-state index in [4.69, 9.17) is 5.11 Å². The highest BCUT2D eigenvalue weighted by atomic mass is 19.1. The second kappa shape index (κ2) is 5.16. The van der Waals surface area contributed by atoms with Gasteiger partial charge in [0.1, 0.15) is 12.4 Å². The number of carboxylic acids is 1. The molecule has 0 saturated carbocycles. The number of carbonyl (C=O) groups excluding carboxylic acids is 1. The van der Waals surface area contributed by atoms with Gasteiger partial charge in [-0.05, 0) is 24.3 Å². The average molecular weight is 253 g/mol. The molecule has 5 heteroatoms. The summed E-state index contributed by atoms with van der Waals surface area (Å²) in [6, 6.07) is 5.17. The fraction of sp³-hybridized carbons (Fsp3) is 0.385. The van der Waals surface area contributed by atoms with E-state index in [1.54, 1.807) is 20.8 Å². The molecule has 0 unspecified atom stereocenters. The highest BCUT2D eigenvalue weighted by Gasteiger charge is 2.29. The number of amides is 1. The molecule has 0 saturated heterocycles. The summed E-state index contributed by atoms with van der Waals surface area (Å²) in [6.07, 6.45) is 0. The molecule has 0 aromatic heterocycles. The van der Waals surface area contributed by atoms with Gasteiger partial charge in [-0.1, -0.05) is 20.8 Å². The molecule has 98 valence electrons. The van der Waals surface area contributed by atoms with Gasteiger partial charge >= 0.3 is 5.97 Å². The van der Waals surface area contributed by atoms with Crippen molar-refractivity contribution in [3.8, 4) is 0 Å². The molecule has 0 aliphatic heterocycles. The minimum absolute atomic E-state index is 0.323. The molecule has 1 aromatic carbocycles. The number of hydrogen-bond donors (Lipinski definition) is 1. The van der Waals surface area contributed by atoms with Crippen molar-refractivity contribution in [3.05, 3.63) is 30.1 Å². The first-order valence-corrected chi connectivity index (χ1v) is 5.51. The molecule has 0 fully saturated rings. The number of benzene rings is 1. The van der Waals surface area contributed by atoms with Crippen LogP contribution in [0.15, 0.2) is 24.3 Å². The standard InChI is InChI=1S/C13H16FNO3/c1-13(2,3)12(18)15(8-11(16)17)10-6-4-9(14)5-7-10/h4-7H,8H2,1-3H3,(H,16,17). The Morgan fingerprint density at radius 1 is 1.22 bits per heavy atom. The third-order valence-corrected chi connectivity index (χ3v) is 2.32. The van der Waals surface area contributed by atoms with Crippen molar-refractivity contribution in [3.63, 3.8) is 0 Å². The molecular formula is C13H16FNO3. The molecule has 0 spiro atoms. The Morgan fingerprint density at radius 3 is 2.11 bits per heavy atom. The smallest absolute Gasteiger partial charge is 0.323 e. The fourth-order valence-electron chi connectivity index (χ4n) is 1.44. The Balaban J connectivity index is 3.09. The van der Waals surface area contributed by atoms with Gasteiger partial charge in [-0.25, -0.2) is 4.39 Å². The molecule has 18 heavy (non-hydrogen) atoms. The van der Waals surface area contributed by atoms with Crippen molar-refractivity contribution < 1.29 is 19.1 Å². The molecule has 1 N–H and O–H groups in total. The maximum absolute atomic E-state index is 12.8. The first-order chi connectivity index (χ1) is 8.21. The number of carboxylic acid groups (broad SMARTS) is 1. The minimum atomic E-state index is -1.11. The number of nitrogens with zero attached hydrogens (tertiary/aromatic N) is 1. The van der Waals surface area contributed by atoms with E-state index in [0.29, 0.717) is 5.69 Å². The van der Waals surface area contributed by atoms with Crippen LogP contribution in [0.3, 0.4) is 0 Å². The summed E-state index contributed by atoms with van der Waals surface area (Å²) in [5, 5.41) is 8.85. The molecule has 0 aliphatic carbocycles. The molecular weight excluding hydrogens is 237 g/mol. The molecule has 4 nitrogen and oxygen atoms in total. The maximum Gasteiger partial charge on any atom is 0.323 e. The van der Waals surface area contributed by atoms with E-state index in [1.165, 1.54) is 24.3 Å². The van der Waals surface area contributed by atoms with E-state index in [0.717, 1.165) is 4.90 Å². The number of carbonyl (C=O) groups is 2. The zero-order chi connectivity index (χ0) is 13.9. The zero-order valence-electron chi connectivity index (χ0n) is 10.6. The van der Waals surface area contributed by atoms with Crippen molar-refractivity contribution >= 4 is 17.6 Å². The van der Waals surface area contributed by atoms with Crippen molar-refractivity contribution in [1.82, 2.24) is 0 Å². The Bertz CT molecular complexity index is 448. The van der Waals surface area contributed by atoms with Crippen LogP contribution in [0.5, 0.6) is 0 Å². The highest BCUT2D eigenvalue weighted by molar-refractivity contribution is 6.00. The normalized spacial score (nSPS) is 11.1. The molecule has 1 aromatic rings. The molecule has 1 amide bonds. The van der Waals surface area contributed by atoms with Gasteiger partial charge in [-0.2, -0.15) is 0 Å². The van der Waals surface area contributed by atoms with Gasteiger partial charge in [0.15, 0.2) is 0 Å². The van der Waals surface area contributed by atoms with E-state index in [2.05, 4.69) is 0 Å². The summed E-state index contributed by atoms with van der Waals surface area (Å²) < 4.78 is 12.8. The van der Waals surface area contributed by atoms with Gasteiger partial charge < -0.3 is 10.0 Å². The van der Waals surface area contributed by atoms with Crippen LogP contribution < -0.4 is 4.90 Å². The highest BCUT2D eigenvalue weighted by Crippen LogP contribution is 2.23. The Kier molecular flexibility index (Phi) is 4.06. The van der Waals surface area contributed by atoms with E-state index in [-0.39, 0.29) is 5.91 Å². The van der Waals surface area contributed by atoms with E-state index in [9.17, 15) is 14.0 Å². The molecule has 0 radical (unpaired) electrons. The zero-order valence-corrected chi connectivity index (χ0v) is 10.6. The number of halogens is 1. The summed E-state index contributed by atoms with van der Waals surface area (Å²) in [5.41, 5.74) is -0.331. The van der Waals surface area contributed by atoms with Crippen LogP contribution in [-0.4, -0.2) is 23.5 Å². The molecule has 0 heterocycles. The van der Waals surface area contributed by atoms with Crippen molar-refractivity contribution in [2.24, 2.45) is 5.41 Å². The van der Waals surface area contributed by atoms with Gasteiger partial charge in [0, 0.05) is 11.1 Å². The van der Waals surface area contributed by atoms with Crippen molar-refractivity contribution in [2.45, 2.75) is 20.8 Å². The predicted molar refractivity (Wildman–Crippen MR) is 65.8 cm³/mol. The van der Waals surface area contributed by atoms with Crippen LogP contribution in [0.25, 0.3) is 0 Å². The number of anilines is 1. The first-order valence-electron chi connectivity index (χ1n) is 5.51. The third-order valence-electron chi connectivity index (χ3n) is 2.32. The Morgan fingerprint density at radius 2 is 1.72 bits per heavy atom. The van der Waals surface area contributed by atoms with Gasteiger partial charge in [-0.3, -0.25) is 9.59 Å². The minimum Gasteiger partial charge on any atom is -0.480 e. The molecule has 0 bridgehead atoms. The fourth-order valence-corrected chi connectivity index (χ4v) is 1.44. The first kappa shape index (κ1) is 14.2. The van der Waals surface area contributed by atoms with Gasteiger partial charge in [-0.15, -0.1) is 0 Å². The second-order valence-electron chi connectivity index (χ2n) is 5.01. The lowest BCUT2D eigenvalue weighted by Gasteiger charge is -2.28. The van der Waals surface area contributed by atoms with E-state index in [1.807, 2.05) is 0 Å². The van der Waals surface area contributed by atoms with Crippen LogP contribution in [0.1, 0.15) is 20.8 Å². The van der Waals surface area contributed by atoms with Gasteiger partial charge in [0.25, 0.3) is 0 Å². The van der Waals surface area contributed by atoms with Crippen LogP contribution in [0.2, 0.25) is 0 Å². The van der Waals surface area contributed by atoms with Crippen LogP contribution in [0.4, 0.5) is 10.1 Å². The molecule has 1 rings (SSSR count). The van der Waals surface area contributed by atoms with Crippen LogP contribution in [-0.2, 0) is 9.59 Å². The van der Waals surface area contributed by atoms with Crippen molar-refractivity contribution in [1.29, 1.82) is 0 Å². The lowest BCUT2D eigenvalue weighted by atomic mass is 9.94. The number of rotatable bonds is 3. The quantitative estimate of drug-likeness (QED) is 0.899. The summed E-state index contributed by atoms with van der Waals surface area (Å²) in [5.74, 6) is -1.87. The van der Waals surface area contributed by atoms with E-state index >= 15 is 0 Å². The lowest BCUT2D eigenvalue weighted by molar-refractivity contribution is -0.137. The summed E-state index contributed by atoms with van der Waals surface area (Å²) in [6.45, 7) is 4.66. The number of hydrogen-bond acceptors (Lipinski definition) is 2. The molecule has 0 atom stereocenters. The third kappa shape index (κ3) is 3.55. The Hall–Kier alpha value is -1.91. The SMILES string of the molecule is CC(C)(C)C(=O)N(CC(=O)O)c1ccc(F)cc1. The van der Waals surface area contributed by atoms with Crippen molar-refractivity contribution in [2.75, 3.05) is 11.4 Å². The summed E-state index contributed by atoms with van der Waals surface area (Å²) in [4.78, 5) is 24.1. The molecule has 0 aliphatic rings. The average Bonchev–Trinajstić information content (AvgIpc) is 2.25. The van der Waals surface area contributed by atoms with Crippen LogP contribution in [0, 0.1) is 11.2 Å². The topological polar surface area (TPSA) is 57.6 Å². The van der Waals surface area contributed by atoms with Gasteiger partial charge in [0.05, 0.1) is 0 Å². The second-order valence-corrected chi connectivity index (χ2v) is 5.01. The number of aliphatic carboxylic acids is 1. The van der Waals surface area contributed by atoms with Crippen LogP contribution >= 0.6 is 0 Å². The van der Waals surface area contributed by atoms with E-state index < -0.39 is 23.7 Å². The summed E-state index contributed by atoms with van der Waals surface area (Å²) >= 11 is 0. The lowest BCUT2D eigenvalue weighted by Crippen LogP contribution is -2.42. The summed E-state index contributed by atoms with van der Waals surface area (Å²) in [7, 11) is 0. The predicted octanol–water partition coefficient (Wildman–Crippen LogP) is 2.29. The van der Waals surface area contributed by atoms with Gasteiger partial charge in [0.2, 0.25) is 5.91 Å². The Labute approximate surface area is 105 Å².